The van der Waals surface area contributed by atoms with Crippen LogP contribution in [0.3, 0.4) is 0 Å². The standard InChI is InChI=1S/C11H11Cl3O/c12-7-2-1-6-10(15)11-8(13)4-3-5-9(11)14/h3-5H,1-2,6-7H2. The Morgan fingerprint density at radius 1 is 1.13 bits per heavy atom. The van der Waals surface area contributed by atoms with Crippen molar-refractivity contribution in [2.24, 2.45) is 0 Å². The smallest absolute Gasteiger partial charge is 0.165 e. The highest BCUT2D eigenvalue weighted by atomic mass is 35.5. The number of hydrogen-bond donors (Lipinski definition) is 0. The highest BCUT2D eigenvalue weighted by Crippen LogP contribution is 2.26. The summed E-state index contributed by atoms with van der Waals surface area (Å²) in [6.45, 7) is 0. The molecule has 0 N–H and O–H groups in total. The van der Waals surface area contributed by atoms with E-state index < -0.39 is 0 Å². The number of alkyl halides is 1. The molecule has 0 radical (unpaired) electrons. The Bertz CT molecular complexity index is 329. The highest BCUT2D eigenvalue weighted by molar-refractivity contribution is 6.39. The quantitative estimate of drug-likeness (QED) is 0.432. The molecular weight excluding hydrogens is 254 g/mol. The first-order valence-corrected chi connectivity index (χ1v) is 5.99. The minimum atomic E-state index is -0.0179. The van der Waals surface area contributed by atoms with Gasteiger partial charge in [-0.2, -0.15) is 0 Å². The van der Waals surface area contributed by atoms with Gasteiger partial charge in [-0.05, 0) is 25.0 Å². The van der Waals surface area contributed by atoms with Crippen LogP contribution in [-0.4, -0.2) is 11.7 Å². The number of halogens is 3. The maximum Gasteiger partial charge on any atom is 0.165 e. The van der Waals surface area contributed by atoms with Crippen molar-refractivity contribution in [2.45, 2.75) is 19.3 Å². The van der Waals surface area contributed by atoms with Crippen LogP contribution in [0.1, 0.15) is 29.6 Å². The predicted octanol–water partition coefficient (Wildman–Crippen LogP) is 4.59. The SMILES string of the molecule is O=C(CCCCCl)c1c(Cl)cccc1Cl. The molecule has 0 atom stereocenters. The van der Waals surface area contributed by atoms with Gasteiger partial charge in [-0.25, -0.2) is 0 Å². The molecular formula is C11H11Cl3O. The second kappa shape index (κ2) is 6.37. The van der Waals surface area contributed by atoms with E-state index in [0.717, 1.165) is 12.8 Å². The van der Waals surface area contributed by atoms with Gasteiger partial charge in [-0.3, -0.25) is 4.79 Å². The van der Waals surface area contributed by atoms with E-state index in [1.54, 1.807) is 18.2 Å². The summed E-state index contributed by atoms with van der Waals surface area (Å²) >= 11 is 17.3. The third-order valence-electron chi connectivity index (χ3n) is 2.03. The molecule has 0 heterocycles. The Balaban J connectivity index is 2.73. The van der Waals surface area contributed by atoms with E-state index in [9.17, 15) is 4.79 Å². The lowest BCUT2D eigenvalue weighted by molar-refractivity contribution is 0.0980. The zero-order chi connectivity index (χ0) is 11.3. The molecule has 0 aliphatic heterocycles. The molecule has 4 heteroatoms. The van der Waals surface area contributed by atoms with Crippen LogP contribution in [0.5, 0.6) is 0 Å². The molecule has 0 unspecified atom stereocenters. The van der Waals surface area contributed by atoms with Gasteiger partial charge in [0.1, 0.15) is 0 Å². The molecule has 0 amide bonds. The molecule has 1 aromatic carbocycles. The van der Waals surface area contributed by atoms with Crippen LogP contribution in [0.25, 0.3) is 0 Å². The molecule has 0 saturated heterocycles. The number of benzene rings is 1. The molecule has 1 rings (SSSR count). The van der Waals surface area contributed by atoms with Gasteiger partial charge < -0.3 is 0 Å². The van der Waals surface area contributed by atoms with Crippen molar-refractivity contribution in [1.82, 2.24) is 0 Å². The van der Waals surface area contributed by atoms with E-state index in [-0.39, 0.29) is 5.78 Å². The van der Waals surface area contributed by atoms with Crippen molar-refractivity contribution in [3.8, 4) is 0 Å². The Hall–Kier alpha value is -0.240. The van der Waals surface area contributed by atoms with Crippen LogP contribution in [0.15, 0.2) is 18.2 Å². The van der Waals surface area contributed by atoms with Crippen molar-refractivity contribution in [1.29, 1.82) is 0 Å². The molecule has 1 aromatic rings. The number of ketones is 1. The molecule has 0 aliphatic rings. The lowest BCUT2D eigenvalue weighted by Gasteiger charge is -2.05. The number of carbonyl (C=O) groups excluding carboxylic acids is 1. The van der Waals surface area contributed by atoms with Crippen LogP contribution in [0, 0.1) is 0 Å². The van der Waals surface area contributed by atoms with Gasteiger partial charge in [-0.1, -0.05) is 29.3 Å². The maximum atomic E-state index is 11.7. The van der Waals surface area contributed by atoms with E-state index in [0.29, 0.717) is 27.9 Å². The molecule has 1 nitrogen and oxygen atoms in total. The highest BCUT2D eigenvalue weighted by Gasteiger charge is 2.13. The van der Waals surface area contributed by atoms with Crippen molar-refractivity contribution in [3.05, 3.63) is 33.8 Å². The summed E-state index contributed by atoms with van der Waals surface area (Å²) in [5.41, 5.74) is 0.426. The molecule has 82 valence electrons. The van der Waals surface area contributed by atoms with Gasteiger partial charge in [0.2, 0.25) is 0 Å². The lowest BCUT2D eigenvalue weighted by Crippen LogP contribution is -2.01. The van der Waals surface area contributed by atoms with Gasteiger partial charge >= 0.3 is 0 Å². The Morgan fingerprint density at radius 3 is 2.27 bits per heavy atom. The summed E-state index contributed by atoms with van der Waals surface area (Å²) in [5.74, 6) is 0.555. The molecule has 0 fully saturated rings. The molecule has 0 aliphatic carbocycles. The zero-order valence-corrected chi connectivity index (χ0v) is 10.4. The summed E-state index contributed by atoms with van der Waals surface area (Å²) in [7, 11) is 0. The summed E-state index contributed by atoms with van der Waals surface area (Å²) < 4.78 is 0. The number of carbonyl (C=O) groups is 1. The van der Waals surface area contributed by atoms with Gasteiger partial charge in [0.25, 0.3) is 0 Å². The zero-order valence-electron chi connectivity index (χ0n) is 8.10. The second-order valence-electron chi connectivity index (χ2n) is 3.17. The summed E-state index contributed by atoms with van der Waals surface area (Å²) in [5, 5.41) is 0.830. The van der Waals surface area contributed by atoms with E-state index in [1.165, 1.54) is 0 Å². The Morgan fingerprint density at radius 2 is 1.73 bits per heavy atom. The third-order valence-corrected chi connectivity index (χ3v) is 2.93. The number of hydrogen-bond acceptors (Lipinski definition) is 1. The van der Waals surface area contributed by atoms with E-state index in [4.69, 9.17) is 34.8 Å². The van der Waals surface area contributed by atoms with E-state index in [2.05, 4.69) is 0 Å². The first kappa shape index (κ1) is 12.8. The van der Waals surface area contributed by atoms with E-state index in [1.807, 2.05) is 0 Å². The molecule has 0 aromatic heterocycles. The van der Waals surface area contributed by atoms with Crippen LogP contribution in [-0.2, 0) is 0 Å². The first-order valence-electron chi connectivity index (χ1n) is 4.70. The largest absolute Gasteiger partial charge is 0.294 e. The monoisotopic (exact) mass is 264 g/mol. The van der Waals surface area contributed by atoms with Crippen molar-refractivity contribution in [3.63, 3.8) is 0 Å². The van der Waals surface area contributed by atoms with Crippen molar-refractivity contribution in [2.75, 3.05) is 5.88 Å². The first-order chi connectivity index (χ1) is 7.16. The molecule has 15 heavy (non-hydrogen) atoms. The van der Waals surface area contributed by atoms with Crippen LogP contribution >= 0.6 is 34.8 Å². The normalized spacial score (nSPS) is 10.3. The average molecular weight is 266 g/mol. The van der Waals surface area contributed by atoms with Crippen LogP contribution in [0.4, 0.5) is 0 Å². The van der Waals surface area contributed by atoms with Crippen molar-refractivity contribution < 1.29 is 4.79 Å². The fraction of sp³-hybridized carbons (Fsp3) is 0.364. The predicted molar refractivity (Wildman–Crippen MR) is 65.4 cm³/mol. The van der Waals surface area contributed by atoms with Crippen LogP contribution < -0.4 is 0 Å². The number of unbranched alkanes of at least 4 members (excludes halogenated alkanes) is 1. The number of rotatable bonds is 5. The molecule has 0 bridgehead atoms. The molecule has 0 saturated carbocycles. The van der Waals surface area contributed by atoms with Gasteiger partial charge in [-0.15, -0.1) is 11.6 Å². The van der Waals surface area contributed by atoms with Crippen molar-refractivity contribution >= 4 is 40.6 Å². The van der Waals surface area contributed by atoms with Gasteiger partial charge in [0.15, 0.2) is 5.78 Å². The van der Waals surface area contributed by atoms with Gasteiger partial charge in [0, 0.05) is 12.3 Å². The minimum Gasteiger partial charge on any atom is -0.294 e. The topological polar surface area (TPSA) is 17.1 Å². The van der Waals surface area contributed by atoms with Crippen LogP contribution in [0.2, 0.25) is 10.0 Å². The Kier molecular flexibility index (Phi) is 5.44. The average Bonchev–Trinajstić information content (AvgIpc) is 2.18. The summed E-state index contributed by atoms with van der Waals surface area (Å²) in [6, 6.07) is 5.06. The second-order valence-corrected chi connectivity index (χ2v) is 4.36. The summed E-state index contributed by atoms with van der Waals surface area (Å²) in [4.78, 5) is 11.7. The summed E-state index contributed by atoms with van der Waals surface area (Å²) in [6.07, 6.45) is 2.04. The lowest BCUT2D eigenvalue weighted by atomic mass is 10.1. The Labute approximate surface area is 104 Å². The molecule has 0 spiro atoms. The maximum absolute atomic E-state index is 11.7. The fourth-order valence-electron chi connectivity index (χ4n) is 1.27. The number of Topliss-reactive ketones (excluding diaryl/α,β-unsaturated/α-hetero) is 1. The fourth-order valence-corrected chi connectivity index (χ4v) is 2.07. The third kappa shape index (κ3) is 3.67. The van der Waals surface area contributed by atoms with E-state index >= 15 is 0 Å². The van der Waals surface area contributed by atoms with Gasteiger partial charge in [0.05, 0.1) is 15.6 Å². The minimum absolute atomic E-state index is 0.0179.